The van der Waals surface area contributed by atoms with Crippen molar-refractivity contribution in [3.8, 4) is 0 Å². The summed E-state index contributed by atoms with van der Waals surface area (Å²) in [5.74, 6) is -1.76. The van der Waals surface area contributed by atoms with E-state index in [9.17, 15) is 19.5 Å². The summed E-state index contributed by atoms with van der Waals surface area (Å²) < 4.78 is 0. The molecule has 1 aliphatic carbocycles. The number of rotatable bonds is 3. The fraction of sp³-hybridized carbons (Fsp3) is 0.158. The number of carbonyl (C=O) groups is 2. The van der Waals surface area contributed by atoms with E-state index in [1.165, 1.54) is 0 Å². The highest BCUT2D eigenvalue weighted by Crippen LogP contribution is 2.37. The number of hydrogen-bond acceptors (Lipinski definition) is 4. The molecule has 0 saturated carbocycles. The van der Waals surface area contributed by atoms with Crippen molar-refractivity contribution < 1.29 is 14.7 Å². The molecule has 7 heteroatoms. The maximum atomic E-state index is 12.9. The normalized spacial score (nSPS) is 18.5. The Hall–Kier alpha value is -3.48. The molecule has 1 atom stereocenters. The van der Waals surface area contributed by atoms with Gasteiger partial charge >= 0.3 is 5.97 Å². The standard InChI is InChI=1S/C19H15N3O4/c23-16-13-7-3-2-6-12(13)15(21-22-16)17(24)20-19(18(25)26)10-9-11-5-1-4-8-14(11)19/h1-8H,9-10H2,(H,20,24)(H,22,23)(H,25,26). The first-order chi connectivity index (χ1) is 12.5. The Balaban J connectivity index is 1.80. The van der Waals surface area contributed by atoms with Crippen molar-refractivity contribution in [3.05, 3.63) is 75.7 Å². The van der Waals surface area contributed by atoms with Gasteiger partial charge in [-0.1, -0.05) is 42.5 Å². The number of aromatic nitrogens is 2. The van der Waals surface area contributed by atoms with E-state index >= 15 is 0 Å². The molecule has 0 radical (unpaired) electrons. The van der Waals surface area contributed by atoms with Crippen molar-refractivity contribution in [2.75, 3.05) is 0 Å². The average molecular weight is 349 g/mol. The molecular weight excluding hydrogens is 334 g/mol. The molecule has 1 unspecified atom stereocenters. The van der Waals surface area contributed by atoms with Gasteiger partial charge in [-0.25, -0.2) is 9.89 Å². The second-order valence-electron chi connectivity index (χ2n) is 6.27. The molecule has 0 bridgehead atoms. The smallest absolute Gasteiger partial charge is 0.334 e. The number of hydrogen-bond donors (Lipinski definition) is 3. The van der Waals surface area contributed by atoms with Crippen LogP contribution in [0.3, 0.4) is 0 Å². The Morgan fingerprint density at radius 1 is 1.08 bits per heavy atom. The van der Waals surface area contributed by atoms with Crippen molar-refractivity contribution in [2.45, 2.75) is 18.4 Å². The van der Waals surface area contributed by atoms with Gasteiger partial charge in [-0.15, -0.1) is 0 Å². The van der Waals surface area contributed by atoms with Crippen LogP contribution in [0.1, 0.15) is 28.0 Å². The molecule has 1 heterocycles. The predicted octanol–water partition coefficient (Wildman–Crippen LogP) is 1.58. The predicted molar refractivity (Wildman–Crippen MR) is 93.9 cm³/mol. The van der Waals surface area contributed by atoms with Crippen LogP contribution < -0.4 is 10.9 Å². The third-order valence-electron chi connectivity index (χ3n) is 4.85. The number of carboxylic acids is 1. The summed E-state index contributed by atoms with van der Waals surface area (Å²) in [5, 5.41) is 19.4. The van der Waals surface area contributed by atoms with E-state index in [1.54, 1.807) is 36.4 Å². The van der Waals surface area contributed by atoms with Gasteiger partial charge in [-0.05, 0) is 30.0 Å². The molecule has 4 rings (SSSR count). The maximum Gasteiger partial charge on any atom is 0.334 e. The summed E-state index contributed by atoms with van der Waals surface area (Å²) in [6, 6.07) is 13.8. The van der Waals surface area contributed by atoms with Gasteiger partial charge in [0.15, 0.2) is 11.2 Å². The molecule has 1 aliphatic rings. The number of aromatic amines is 1. The highest BCUT2D eigenvalue weighted by molar-refractivity contribution is 6.06. The molecule has 0 spiro atoms. The number of amides is 1. The van der Waals surface area contributed by atoms with E-state index < -0.39 is 23.0 Å². The van der Waals surface area contributed by atoms with E-state index in [-0.39, 0.29) is 12.1 Å². The third-order valence-corrected chi connectivity index (χ3v) is 4.85. The van der Waals surface area contributed by atoms with Crippen LogP contribution in [-0.4, -0.2) is 27.2 Å². The molecule has 1 amide bonds. The zero-order valence-electron chi connectivity index (χ0n) is 13.7. The Morgan fingerprint density at radius 3 is 2.54 bits per heavy atom. The molecule has 3 aromatic rings. The highest BCUT2D eigenvalue weighted by Gasteiger charge is 2.47. The maximum absolute atomic E-state index is 12.9. The summed E-state index contributed by atoms with van der Waals surface area (Å²) in [5.41, 5.74) is -0.447. The monoisotopic (exact) mass is 349 g/mol. The van der Waals surface area contributed by atoms with Crippen molar-refractivity contribution >= 4 is 22.6 Å². The number of fused-ring (bicyclic) bond motifs is 2. The zero-order chi connectivity index (χ0) is 18.3. The van der Waals surface area contributed by atoms with Gasteiger partial charge < -0.3 is 10.4 Å². The van der Waals surface area contributed by atoms with E-state index in [2.05, 4.69) is 15.5 Å². The Kier molecular flexibility index (Phi) is 3.57. The molecule has 130 valence electrons. The number of H-pyrrole nitrogens is 1. The van der Waals surface area contributed by atoms with Gasteiger partial charge in [-0.3, -0.25) is 9.59 Å². The largest absolute Gasteiger partial charge is 0.479 e. The Morgan fingerprint density at radius 2 is 1.77 bits per heavy atom. The summed E-state index contributed by atoms with van der Waals surface area (Å²) in [7, 11) is 0. The van der Waals surface area contributed by atoms with Crippen LogP contribution in [0.25, 0.3) is 10.8 Å². The van der Waals surface area contributed by atoms with Gasteiger partial charge in [0.2, 0.25) is 0 Å². The molecule has 7 nitrogen and oxygen atoms in total. The molecule has 1 aromatic heterocycles. The topological polar surface area (TPSA) is 112 Å². The average Bonchev–Trinajstić information content (AvgIpc) is 3.02. The minimum absolute atomic E-state index is 0.00907. The third kappa shape index (κ3) is 2.28. The number of nitrogens with one attached hydrogen (secondary N) is 2. The number of benzene rings is 2. The van der Waals surface area contributed by atoms with Crippen LogP contribution >= 0.6 is 0 Å². The first kappa shape index (κ1) is 16.0. The van der Waals surface area contributed by atoms with Gasteiger partial charge in [0, 0.05) is 5.39 Å². The second-order valence-corrected chi connectivity index (χ2v) is 6.27. The van der Waals surface area contributed by atoms with E-state index in [0.29, 0.717) is 22.8 Å². The summed E-state index contributed by atoms with van der Waals surface area (Å²) in [6.07, 6.45) is 0.817. The van der Waals surface area contributed by atoms with Gasteiger partial charge in [0.25, 0.3) is 11.5 Å². The van der Waals surface area contributed by atoms with Crippen LogP contribution in [0.4, 0.5) is 0 Å². The second kappa shape index (κ2) is 5.80. The first-order valence-corrected chi connectivity index (χ1v) is 8.15. The highest BCUT2D eigenvalue weighted by atomic mass is 16.4. The van der Waals surface area contributed by atoms with Crippen LogP contribution in [0.15, 0.2) is 53.3 Å². The lowest BCUT2D eigenvalue weighted by Crippen LogP contribution is -2.50. The Bertz CT molecular complexity index is 1110. The number of carboxylic acid groups (broad SMARTS) is 1. The molecule has 0 saturated heterocycles. The van der Waals surface area contributed by atoms with E-state index in [1.807, 2.05) is 12.1 Å². The first-order valence-electron chi connectivity index (χ1n) is 8.15. The van der Waals surface area contributed by atoms with Crippen molar-refractivity contribution in [3.63, 3.8) is 0 Å². The Labute approximate surface area is 147 Å². The van der Waals surface area contributed by atoms with Crippen LogP contribution in [0.5, 0.6) is 0 Å². The van der Waals surface area contributed by atoms with Crippen LogP contribution in [-0.2, 0) is 16.8 Å². The van der Waals surface area contributed by atoms with Crippen LogP contribution in [0, 0.1) is 0 Å². The molecule has 0 fully saturated rings. The van der Waals surface area contributed by atoms with Gasteiger partial charge in [0.05, 0.1) is 5.39 Å². The fourth-order valence-corrected chi connectivity index (χ4v) is 3.56. The fourth-order valence-electron chi connectivity index (χ4n) is 3.56. The molecule has 26 heavy (non-hydrogen) atoms. The summed E-state index contributed by atoms with van der Waals surface area (Å²) in [4.78, 5) is 36.9. The van der Waals surface area contributed by atoms with E-state index in [4.69, 9.17) is 0 Å². The van der Waals surface area contributed by atoms with Gasteiger partial charge in [-0.2, -0.15) is 5.10 Å². The molecule has 2 aromatic carbocycles. The lowest BCUT2D eigenvalue weighted by molar-refractivity contribution is -0.144. The number of carbonyl (C=O) groups excluding carboxylic acids is 1. The minimum Gasteiger partial charge on any atom is -0.479 e. The SMILES string of the molecule is O=C(NC1(C(=O)O)CCc2ccccc21)c1n[nH]c(=O)c2ccccc12. The minimum atomic E-state index is -1.51. The zero-order valence-corrected chi connectivity index (χ0v) is 13.7. The number of nitrogens with zero attached hydrogens (tertiary/aromatic N) is 1. The van der Waals surface area contributed by atoms with E-state index in [0.717, 1.165) is 5.56 Å². The summed E-state index contributed by atoms with van der Waals surface area (Å²) in [6.45, 7) is 0. The van der Waals surface area contributed by atoms with Gasteiger partial charge in [0.1, 0.15) is 0 Å². The number of aliphatic carboxylic acids is 1. The molecular formula is C19H15N3O4. The van der Waals surface area contributed by atoms with Crippen molar-refractivity contribution in [2.24, 2.45) is 0 Å². The van der Waals surface area contributed by atoms with Crippen LogP contribution in [0.2, 0.25) is 0 Å². The van der Waals surface area contributed by atoms with Crippen molar-refractivity contribution in [1.29, 1.82) is 0 Å². The summed E-state index contributed by atoms with van der Waals surface area (Å²) >= 11 is 0. The number of aryl methyl sites for hydroxylation is 1. The lowest BCUT2D eigenvalue weighted by Gasteiger charge is -2.27. The molecule has 3 N–H and O–H groups in total. The quantitative estimate of drug-likeness (QED) is 0.665. The lowest BCUT2D eigenvalue weighted by atomic mass is 9.91. The van der Waals surface area contributed by atoms with Crippen molar-refractivity contribution in [1.82, 2.24) is 15.5 Å². The molecule has 0 aliphatic heterocycles.